The SMILES string of the molecule is Cc1ccccc1-c1ccccc1C=NN=C1NC(=O)CS1. The van der Waals surface area contributed by atoms with E-state index < -0.39 is 0 Å². The molecular formula is C17H15N3OS. The zero-order chi connectivity index (χ0) is 15.4. The minimum atomic E-state index is -0.0285. The fourth-order valence-corrected chi connectivity index (χ4v) is 2.88. The van der Waals surface area contributed by atoms with E-state index in [1.165, 1.54) is 22.9 Å². The van der Waals surface area contributed by atoms with E-state index >= 15 is 0 Å². The molecule has 0 saturated carbocycles. The van der Waals surface area contributed by atoms with Crippen LogP contribution < -0.4 is 5.32 Å². The van der Waals surface area contributed by atoms with Gasteiger partial charge in [-0.3, -0.25) is 4.79 Å². The Hall–Kier alpha value is -2.40. The topological polar surface area (TPSA) is 53.8 Å². The third kappa shape index (κ3) is 3.26. The maximum Gasteiger partial charge on any atom is 0.236 e. The first kappa shape index (κ1) is 14.5. The number of amidine groups is 1. The highest BCUT2D eigenvalue weighted by Crippen LogP contribution is 2.25. The van der Waals surface area contributed by atoms with Crippen molar-refractivity contribution in [1.29, 1.82) is 0 Å². The highest BCUT2D eigenvalue weighted by Gasteiger charge is 2.15. The number of carbonyl (C=O) groups is 1. The molecule has 0 unspecified atom stereocenters. The first-order valence-corrected chi connectivity index (χ1v) is 7.91. The lowest BCUT2D eigenvalue weighted by Gasteiger charge is -2.08. The first-order valence-electron chi connectivity index (χ1n) is 6.93. The van der Waals surface area contributed by atoms with Crippen molar-refractivity contribution in [3.8, 4) is 11.1 Å². The molecule has 4 nitrogen and oxygen atoms in total. The van der Waals surface area contributed by atoms with Crippen LogP contribution in [0.1, 0.15) is 11.1 Å². The van der Waals surface area contributed by atoms with Crippen molar-refractivity contribution < 1.29 is 4.79 Å². The van der Waals surface area contributed by atoms with Gasteiger partial charge in [0.15, 0.2) is 5.17 Å². The van der Waals surface area contributed by atoms with Gasteiger partial charge in [0.2, 0.25) is 5.91 Å². The van der Waals surface area contributed by atoms with Crippen molar-refractivity contribution in [2.24, 2.45) is 10.2 Å². The van der Waals surface area contributed by atoms with Gasteiger partial charge >= 0.3 is 0 Å². The molecular weight excluding hydrogens is 294 g/mol. The Labute approximate surface area is 133 Å². The van der Waals surface area contributed by atoms with Crippen LogP contribution in [-0.2, 0) is 4.79 Å². The molecule has 0 aromatic heterocycles. The quantitative estimate of drug-likeness (QED) is 0.699. The van der Waals surface area contributed by atoms with Crippen LogP contribution in [0.15, 0.2) is 58.7 Å². The molecule has 1 aliphatic heterocycles. The summed E-state index contributed by atoms with van der Waals surface area (Å²) in [6.45, 7) is 2.09. The standard InChI is InChI=1S/C17H15N3OS/c1-12-6-2-4-8-14(12)15-9-5-3-7-13(15)10-18-20-17-19-16(21)11-22-17/h2-10H,11H2,1H3,(H,19,20,21). The number of nitrogens with zero attached hydrogens (tertiary/aromatic N) is 2. The summed E-state index contributed by atoms with van der Waals surface area (Å²) in [5.41, 5.74) is 4.51. The van der Waals surface area contributed by atoms with Crippen molar-refractivity contribution in [3.05, 3.63) is 59.7 Å². The number of nitrogens with one attached hydrogen (secondary N) is 1. The third-order valence-electron chi connectivity index (χ3n) is 3.33. The smallest absolute Gasteiger partial charge is 0.236 e. The Bertz CT molecular complexity index is 768. The van der Waals surface area contributed by atoms with Crippen LogP contribution in [0.3, 0.4) is 0 Å². The molecule has 5 heteroatoms. The zero-order valence-electron chi connectivity index (χ0n) is 12.1. The van der Waals surface area contributed by atoms with Crippen LogP contribution in [0, 0.1) is 6.92 Å². The van der Waals surface area contributed by atoms with Gasteiger partial charge < -0.3 is 5.32 Å². The van der Waals surface area contributed by atoms with E-state index in [2.05, 4.69) is 40.6 Å². The average Bonchev–Trinajstić information content (AvgIpc) is 2.94. The summed E-state index contributed by atoms with van der Waals surface area (Å²) < 4.78 is 0. The van der Waals surface area contributed by atoms with Gasteiger partial charge in [-0.05, 0) is 23.6 Å². The largest absolute Gasteiger partial charge is 0.303 e. The number of thioether (sulfide) groups is 1. The summed E-state index contributed by atoms with van der Waals surface area (Å²) in [6, 6.07) is 16.3. The summed E-state index contributed by atoms with van der Waals surface area (Å²) in [4.78, 5) is 11.1. The van der Waals surface area contributed by atoms with Gasteiger partial charge in [0.05, 0.1) is 12.0 Å². The minimum absolute atomic E-state index is 0.0285. The van der Waals surface area contributed by atoms with Crippen molar-refractivity contribution in [3.63, 3.8) is 0 Å². The maximum atomic E-state index is 11.1. The highest BCUT2D eigenvalue weighted by molar-refractivity contribution is 8.15. The number of benzene rings is 2. The van der Waals surface area contributed by atoms with Crippen LogP contribution >= 0.6 is 11.8 Å². The molecule has 0 aliphatic carbocycles. The number of carbonyl (C=O) groups excluding carboxylic acids is 1. The molecule has 110 valence electrons. The number of rotatable bonds is 3. The van der Waals surface area contributed by atoms with E-state index in [1.807, 2.05) is 30.3 Å². The van der Waals surface area contributed by atoms with Crippen molar-refractivity contribution >= 4 is 29.1 Å². The van der Waals surface area contributed by atoms with Gasteiger partial charge in [0.25, 0.3) is 0 Å². The predicted octanol–water partition coefficient (Wildman–Crippen LogP) is 3.21. The molecule has 1 amide bonds. The molecule has 0 spiro atoms. The van der Waals surface area contributed by atoms with Gasteiger partial charge in [-0.25, -0.2) is 0 Å². The Morgan fingerprint density at radius 2 is 1.82 bits per heavy atom. The monoisotopic (exact) mass is 309 g/mol. The molecule has 3 rings (SSSR count). The lowest BCUT2D eigenvalue weighted by atomic mass is 9.97. The van der Waals surface area contributed by atoms with E-state index in [1.54, 1.807) is 6.21 Å². The molecule has 1 heterocycles. The highest BCUT2D eigenvalue weighted by atomic mass is 32.2. The second-order valence-corrected chi connectivity index (χ2v) is 5.85. The predicted molar refractivity (Wildman–Crippen MR) is 92.2 cm³/mol. The van der Waals surface area contributed by atoms with Gasteiger partial charge in [-0.2, -0.15) is 5.10 Å². The Kier molecular flexibility index (Phi) is 4.34. The van der Waals surface area contributed by atoms with E-state index in [9.17, 15) is 4.79 Å². The van der Waals surface area contributed by atoms with Crippen LogP contribution in [-0.4, -0.2) is 23.0 Å². The summed E-state index contributed by atoms with van der Waals surface area (Å²) >= 11 is 1.36. The summed E-state index contributed by atoms with van der Waals surface area (Å²) in [5, 5.41) is 11.4. The number of amides is 1. The number of hydrogen-bond acceptors (Lipinski definition) is 4. The van der Waals surface area contributed by atoms with Gasteiger partial charge in [0.1, 0.15) is 0 Å². The van der Waals surface area contributed by atoms with Crippen LogP contribution in [0.25, 0.3) is 11.1 Å². The van der Waals surface area contributed by atoms with E-state index in [0.29, 0.717) is 10.9 Å². The summed E-state index contributed by atoms with van der Waals surface area (Å²) in [5.74, 6) is 0.382. The molecule has 22 heavy (non-hydrogen) atoms. The van der Waals surface area contributed by atoms with E-state index in [4.69, 9.17) is 0 Å². The molecule has 2 aromatic carbocycles. The molecule has 0 atom stereocenters. The van der Waals surface area contributed by atoms with Crippen molar-refractivity contribution in [2.45, 2.75) is 6.92 Å². The van der Waals surface area contributed by atoms with Crippen LogP contribution in [0.4, 0.5) is 0 Å². The second kappa shape index (κ2) is 6.58. The summed E-state index contributed by atoms with van der Waals surface area (Å²) in [7, 11) is 0. The summed E-state index contributed by atoms with van der Waals surface area (Å²) in [6.07, 6.45) is 1.72. The van der Waals surface area contributed by atoms with Gasteiger partial charge in [-0.1, -0.05) is 60.3 Å². The average molecular weight is 309 g/mol. The Morgan fingerprint density at radius 1 is 1.09 bits per heavy atom. The molecule has 0 bridgehead atoms. The zero-order valence-corrected chi connectivity index (χ0v) is 12.9. The first-order chi connectivity index (χ1) is 10.7. The lowest BCUT2D eigenvalue weighted by molar-refractivity contribution is -0.116. The fourth-order valence-electron chi connectivity index (χ4n) is 2.25. The van der Waals surface area contributed by atoms with Gasteiger partial charge in [-0.15, -0.1) is 5.10 Å². The molecule has 1 fully saturated rings. The van der Waals surface area contributed by atoms with Crippen LogP contribution in [0.5, 0.6) is 0 Å². The van der Waals surface area contributed by atoms with Crippen molar-refractivity contribution in [2.75, 3.05) is 5.75 Å². The Morgan fingerprint density at radius 3 is 2.55 bits per heavy atom. The molecule has 1 aliphatic rings. The number of aryl methyl sites for hydroxylation is 1. The molecule has 1 N–H and O–H groups in total. The molecule has 0 radical (unpaired) electrons. The number of hydrogen-bond donors (Lipinski definition) is 1. The normalized spacial score (nSPS) is 16.4. The fraction of sp³-hybridized carbons (Fsp3) is 0.118. The van der Waals surface area contributed by atoms with E-state index in [-0.39, 0.29) is 5.91 Å². The van der Waals surface area contributed by atoms with Crippen molar-refractivity contribution in [1.82, 2.24) is 5.32 Å². The molecule has 2 aromatic rings. The van der Waals surface area contributed by atoms with E-state index in [0.717, 1.165) is 11.1 Å². The molecule has 1 saturated heterocycles. The Balaban J connectivity index is 1.89. The van der Waals surface area contributed by atoms with Crippen LogP contribution in [0.2, 0.25) is 0 Å². The van der Waals surface area contributed by atoms with Gasteiger partial charge in [0, 0.05) is 5.56 Å². The second-order valence-electron chi connectivity index (χ2n) is 4.89. The maximum absolute atomic E-state index is 11.1. The third-order valence-corrected chi connectivity index (χ3v) is 4.19. The lowest BCUT2D eigenvalue weighted by Crippen LogP contribution is -2.19. The minimum Gasteiger partial charge on any atom is -0.303 e.